The molecule has 0 atom stereocenters. The monoisotopic (exact) mass is 426 g/mol. The van der Waals surface area contributed by atoms with Crippen LogP contribution in [0.15, 0.2) is 12.2 Å². The lowest BCUT2D eigenvalue weighted by molar-refractivity contribution is -0.137. The highest BCUT2D eigenvalue weighted by Gasteiger charge is 1.97. The SMILES string of the molecule is CCCCCCCCCCCCCCCCCC(=O)O.O=C(O)/C=C/C(=O)O.[MgH2]. The van der Waals surface area contributed by atoms with Crippen LogP contribution in [0, 0.1) is 0 Å². The normalized spacial score (nSPS) is 10.1. The molecule has 0 aromatic rings. The second-order valence-electron chi connectivity index (χ2n) is 7.10. The molecule has 0 aliphatic carbocycles. The summed E-state index contributed by atoms with van der Waals surface area (Å²) in [7, 11) is 0. The zero-order valence-corrected chi connectivity index (χ0v) is 17.5. The Kier molecular flexibility index (Phi) is 30.2. The largest absolute Gasteiger partial charge is 0.481 e. The summed E-state index contributed by atoms with van der Waals surface area (Å²) in [5.74, 6) is -3.17. The topological polar surface area (TPSA) is 112 Å². The Hall–Kier alpha value is -1.08. The van der Waals surface area contributed by atoms with Crippen molar-refractivity contribution in [3.05, 3.63) is 12.2 Å². The Labute approximate surface area is 192 Å². The molecule has 7 heteroatoms. The first-order chi connectivity index (χ1) is 13.4. The van der Waals surface area contributed by atoms with Crippen molar-refractivity contribution in [2.75, 3.05) is 0 Å². The van der Waals surface area contributed by atoms with E-state index in [1.165, 1.54) is 83.5 Å². The van der Waals surface area contributed by atoms with Gasteiger partial charge in [-0.05, 0) is 6.42 Å². The van der Waals surface area contributed by atoms with Crippen LogP contribution in [0.2, 0.25) is 0 Å². The van der Waals surface area contributed by atoms with Crippen molar-refractivity contribution in [3.8, 4) is 0 Å². The summed E-state index contributed by atoms with van der Waals surface area (Å²) in [6.45, 7) is 2.27. The lowest BCUT2D eigenvalue weighted by Gasteiger charge is -2.03. The smallest absolute Gasteiger partial charge is 0.328 e. The van der Waals surface area contributed by atoms with Crippen LogP contribution in [0.25, 0.3) is 0 Å². The number of aliphatic carboxylic acids is 3. The van der Waals surface area contributed by atoms with E-state index in [1.807, 2.05) is 0 Å². The van der Waals surface area contributed by atoms with E-state index >= 15 is 0 Å². The van der Waals surface area contributed by atoms with E-state index in [9.17, 15) is 14.4 Å². The molecular formula is C22H42MgO6. The second-order valence-corrected chi connectivity index (χ2v) is 7.10. The highest BCUT2D eigenvalue weighted by atomic mass is 24.3. The van der Waals surface area contributed by atoms with Gasteiger partial charge in [0, 0.05) is 18.6 Å². The molecule has 29 heavy (non-hydrogen) atoms. The fraction of sp³-hybridized carbons (Fsp3) is 0.773. The summed E-state index contributed by atoms with van der Waals surface area (Å²) in [5, 5.41) is 24.1. The average Bonchev–Trinajstić information content (AvgIpc) is 2.63. The molecule has 0 saturated heterocycles. The standard InChI is InChI=1S/C18H36O2.C4H4O4.Mg.2H/c1-2-3-4-5-6-7-8-9-10-11-12-13-14-15-16-17-18(19)20;5-3(6)1-2-4(7)8;;;/h2-17H2,1H3,(H,19,20);1-2H,(H,5,6)(H,7,8);;;/b;2-1+;;;. The van der Waals surface area contributed by atoms with Gasteiger partial charge in [-0.15, -0.1) is 0 Å². The van der Waals surface area contributed by atoms with E-state index in [4.69, 9.17) is 15.3 Å². The van der Waals surface area contributed by atoms with Crippen LogP contribution in [-0.4, -0.2) is 56.3 Å². The predicted octanol–water partition coefficient (Wildman–Crippen LogP) is 5.13. The van der Waals surface area contributed by atoms with Crippen molar-refractivity contribution >= 4 is 41.0 Å². The maximum Gasteiger partial charge on any atom is 0.328 e. The van der Waals surface area contributed by atoms with E-state index in [2.05, 4.69) is 6.92 Å². The van der Waals surface area contributed by atoms with Crippen molar-refractivity contribution in [1.29, 1.82) is 0 Å². The molecule has 0 radical (unpaired) electrons. The molecule has 0 aliphatic heterocycles. The molecule has 0 amide bonds. The molecule has 0 rings (SSSR count). The Morgan fingerprint density at radius 3 is 1.07 bits per heavy atom. The van der Waals surface area contributed by atoms with Gasteiger partial charge in [-0.25, -0.2) is 9.59 Å². The average molecular weight is 427 g/mol. The molecule has 0 aliphatic rings. The molecule has 168 valence electrons. The van der Waals surface area contributed by atoms with Gasteiger partial charge in [-0.1, -0.05) is 96.8 Å². The fourth-order valence-electron chi connectivity index (χ4n) is 2.79. The summed E-state index contributed by atoms with van der Waals surface area (Å²) in [6.07, 6.45) is 21.3. The predicted molar refractivity (Wildman–Crippen MR) is 120 cm³/mol. The molecule has 0 saturated carbocycles. The maximum absolute atomic E-state index is 10.3. The lowest BCUT2D eigenvalue weighted by atomic mass is 10.0. The molecule has 6 nitrogen and oxygen atoms in total. The van der Waals surface area contributed by atoms with Crippen molar-refractivity contribution in [3.63, 3.8) is 0 Å². The summed E-state index contributed by atoms with van der Waals surface area (Å²) >= 11 is 0. The van der Waals surface area contributed by atoms with Crippen molar-refractivity contribution in [2.45, 2.75) is 110 Å². The van der Waals surface area contributed by atoms with Crippen molar-refractivity contribution < 1.29 is 29.7 Å². The highest BCUT2D eigenvalue weighted by Crippen LogP contribution is 2.13. The maximum atomic E-state index is 10.3. The minimum atomic E-state index is -1.26. The first-order valence-electron chi connectivity index (χ1n) is 10.8. The number of hydrogen-bond donors (Lipinski definition) is 3. The minimum Gasteiger partial charge on any atom is -0.481 e. The number of hydrogen-bond acceptors (Lipinski definition) is 3. The zero-order valence-electron chi connectivity index (χ0n) is 17.5. The molecule has 0 bridgehead atoms. The van der Waals surface area contributed by atoms with Crippen LogP contribution in [-0.2, 0) is 14.4 Å². The van der Waals surface area contributed by atoms with Crippen molar-refractivity contribution in [1.82, 2.24) is 0 Å². The second kappa shape index (κ2) is 26.9. The van der Waals surface area contributed by atoms with Gasteiger partial charge in [0.15, 0.2) is 0 Å². The Bertz CT molecular complexity index is 408. The van der Waals surface area contributed by atoms with Gasteiger partial charge in [0.25, 0.3) is 0 Å². The van der Waals surface area contributed by atoms with Crippen LogP contribution in [0.5, 0.6) is 0 Å². The molecule has 0 fully saturated rings. The summed E-state index contributed by atoms with van der Waals surface area (Å²) in [6, 6.07) is 0. The molecule has 3 N–H and O–H groups in total. The highest BCUT2D eigenvalue weighted by molar-refractivity contribution is 5.89. The Morgan fingerprint density at radius 2 is 0.828 bits per heavy atom. The molecule has 0 aromatic heterocycles. The van der Waals surface area contributed by atoms with Crippen LogP contribution < -0.4 is 0 Å². The summed E-state index contributed by atoms with van der Waals surface area (Å²) in [4.78, 5) is 29.4. The van der Waals surface area contributed by atoms with Gasteiger partial charge in [0.2, 0.25) is 0 Å². The first-order valence-corrected chi connectivity index (χ1v) is 10.8. The third kappa shape index (κ3) is 38.2. The lowest BCUT2D eigenvalue weighted by Crippen LogP contribution is -1.93. The van der Waals surface area contributed by atoms with Gasteiger partial charge >= 0.3 is 41.0 Å². The quantitative estimate of drug-likeness (QED) is 0.159. The van der Waals surface area contributed by atoms with Crippen LogP contribution >= 0.6 is 0 Å². The third-order valence-electron chi connectivity index (χ3n) is 4.36. The molecule has 0 spiro atoms. The number of carboxylic acid groups (broad SMARTS) is 3. The molecule has 0 unspecified atom stereocenters. The number of carboxylic acids is 3. The summed E-state index contributed by atoms with van der Waals surface area (Å²) < 4.78 is 0. The van der Waals surface area contributed by atoms with Gasteiger partial charge in [0.05, 0.1) is 0 Å². The number of unbranched alkanes of at least 4 members (excludes halogenated alkanes) is 14. The minimum absolute atomic E-state index is 0. The van der Waals surface area contributed by atoms with Gasteiger partial charge in [-0.3, -0.25) is 4.79 Å². The molecule has 0 aromatic carbocycles. The van der Waals surface area contributed by atoms with E-state index in [1.54, 1.807) is 0 Å². The number of carbonyl (C=O) groups is 3. The first kappa shape index (κ1) is 32.6. The van der Waals surface area contributed by atoms with Gasteiger partial charge < -0.3 is 15.3 Å². The third-order valence-corrected chi connectivity index (χ3v) is 4.36. The number of rotatable bonds is 18. The van der Waals surface area contributed by atoms with Crippen LogP contribution in [0.4, 0.5) is 0 Å². The van der Waals surface area contributed by atoms with Gasteiger partial charge in [0.1, 0.15) is 0 Å². The van der Waals surface area contributed by atoms with E-state index in [0.717, 1.165) is 12.8 Å². The Balaban J connectivity index is -0.000000636. The summed E-state index contributed by atoms with van der Waals surface area (Å²) in [5.41, 5.74) is 0. The Morgan fingerprint density at radius 1 is 0.552 bits per heavy atom. The van der Waals surface area contributed by atoms with E-state index in [-0.39, 0.29) is 23.1 Å². The van der Waals surface area contributed by atoms with E-state index in [0.29, 0.717) is 18.6 Å². The van der Waals surface area contributed by atoms with Gasteiger partial charge in [-0.2, -0.15) is 0 Å². The van der Waals surface area contributed by atoms with Crippen LogP contribution in [0.1, 0.15) is 110 Å². The van der Waals surface area contributed by atoms with E-state index < -0.39 is 17.9 Å². The zero-order chi connectivity index (χ0) is 21.5. The fourth-order valence-corrected chi connectivity index (χ4v) is 2.79. The van der Waals surface area contributed by atoms with Crippen molar-refractivity contribution in [2.24, 2.45) is 0 Å². The van der Waals surface area contributed by atoms with Crippen LogP contribution in [0.3, 0.4) is 0 Å². The molecular weight excluding hydrogens is 385 g/mol. The molecule has 0 heterocycles.